The number of fused-ring (bicyclic) bond motifs is 1. The van der Waals surface area contributed by atoms with Gasteiger partial charge in [-0.1, -0.05) is 29.8 Å². The molecule has 2 aromatic heterocycles. The van der Waals surface area contributed by atoms with E-state index >= 15 is 0 Å². The zero-order chi connectivity index (χ0) is 15.0. The van der Waals surface area contributed by atoms with E-state index in [0.717, 1.165) is 16.0 Å². The number of carbonyl (C=O) groups is 1. The smallest absolute Gasteiger partial charge is 0.276 e. The number of nitrogens with one attached hydrogen (secondary N) is 1. The Morgan fingerprint density at radius 3 is 2.71 bits per heavy atom. The average Bonchev–Trinajstić information content (AvgIpc) is 2.77. The molecule has 1 amide bonds. The topological polar surface area (TPSA) is 54.9 Å². The van der Waals surface area contributed by atoms with Crippen molar-refractivity contribution < 1.29 is 4.79 Å². The Morgan fingerprint density at radius 2 is 2.00 bits per heavy atom. The van der Waals surface area contributed by atoms with Crippen LogP contribution in [0.2, 0.25) is 5.02 Å². The van der Waals surface area contributed by atoms with Gasteiger partial charge in [0.1, 0.15) is 5.69 Å². The first kappa shape index (κ1) is 14.0. The highest BCUT2D eigenvalue weighted by molar-refractivity contribution is 7.15. The van der Waals surface area contributed by atoms with E-state index in [2.05, 4.69) is 15.3 Å². The molecule has 1 N–H and O–H groups in total. The summed E-state index contributed by atoms with van der Waals surface area (Å²) in [7, 11) is 0. The molecule has 0 bridgehead atoms. The molecule has 0 saturated carbocycles. The largest absolute Gasteiger partial charge is 0.296 e. The summed E-state index contributed by atoms with van der Waals surface area (Å²) in [5.41, 5.74) is 1.89. The number of thiazole rings is 1. The van der Waals surface area contributed by atoms with E-state index in [9.17, 15) is 4.79 Å². The van der Waals surface area contributed by atoms with Crippen molar-refractivity contribution >= 4 is 44.9 Å². The lowest BCUT2D eigenvalue weighted by Crippen LogP contribution is -2.13. The minimum Gasteiger partial charge on any atom is -0.296 e. The van der Waals surface area contributed by atoms with Gasteiger partial charge in [0.25, 0.3) is 5.91 Å². The van der Waals surface area contributed by atoms with Crippen LogP contribution in [0.5, 0.6) is 0 Å². The first-order valence-electron chi connectivity index (χ1n) is 6.35. The highest BCUT2D eigenvalue weighted by Crippen LogP contribution is 2.24. The number of halogens is 1. The van der Waals surface area contributed by atoms with Gasteiger partial charge in [0, 0.05) is 10.3 Å². The third-order valence-electron chi connectivity index (χ3n) is 3.15. The van der Waals surface area contributed by atoms with Crippen LogP contribution in [-0.2, 0) is 0 Å². The number of para-hydroxylation sites is 1. The van der Waals surface area contributed by atoms with Crippen molar-refractivity contribution in [3.63, 3.8) is 0 Å². The summed E-state index contributed by atoms with van der Waals surface area (Å²) >= 11 is 7.65. The van der Waals surface area contributed by atoms with Gasteiger partial charge in [0.05, 0.1) is 16.2 Å². The Balaban J connectivity index is 1.94. The van der Waals surface area contributed by atoms with E-state index < -0.39 is 0 Å². The van der Waals surface area contributed by atoms with E-state index in [1.807, 2.05) is 38.1 Å². The predicted octanol–water partition coefficient (Wildman–Crippen LogP) is 4.21. The molecule has 4 nitrogen and oxygen atoms in total. The van der Waals surface area contributed by atoms with Gasteiger partial charge in [-0.05, 0) is 26.0 Å². The van der Waals surface area contributed by atoms with Crippen molar-refractivity contribution in [1.82, 2.24) is 9.97 Å². The molecular weight excluding hydrogens is 306 g/mol. The summed E-state index contributed by atoms with van der Waals surface area (Å²) in [4.78, 5) is 22.0. The zero-order valence-corrected chi connectivity index (χ0v) is 13.0. The first-order chi connectivity index (χ1) is 10.0. The molecule has 3 aromatic rings. The van der Waals surface area contributed by atoms with Crippen molar-refractivity contribution in [2.45, 2.75) is 13.8 Å². The van der Waals surface area contributed by atoms with Gasteiger partial charge in [0.15, 0.2) is 5.13 Å². The van der Waals surface area contributed by atoms with Crippen LogP contribution in [0.4, 0.5) is 5.13 Å². The number of hydrogen-bond donors (Lipinski definition) is 1. The van der Waals surface area contributed by atoms with E-state index in [-0.39, 0.29) is 11.6 Å². The second-order valence-electron chi connectivity index (χ2n) is 4.62. The van der Waals surface area contributed by atoms with Crippen LogP contribution in [0.1, 0.15) is 21.1 Å². The predicted molar refractivity (Wildman–Crippen MR) is 86.3 cm³/mol. The molecule has 0 aliphatic heterocycles. The number of aromatic nitrogens is 2. The normalized spacial score (nSPS) is 10.8. The Bertz CT molecular complexity index is 825. The number of carbonyl (C=O) groups excluding carboxylic acids is 1. The Kier molecular flexibility index (Phi) is 3.61. The fraction of sp³-hybridized carbons (Fsp3) is 0.133. The van der Waals surface area contributed by atoms with Gasteiger partial charge < -0.3 is 0 Å². The molecule has 2 heterocycles. The third-order valence-corrected chi connectivity index (χ3v) is 4.45. The van der Waals surface area contributed by atoms with Gasteiger partial charge >= 0.3 is 0 Å². The molecule has 106 valence electrons. The molecule has 0 saturated heterocycles. The fourth-order valence-electron chi connectivity index (χ4n) is 1.94. The minimum atomic E-state index is -0.309. The molecule has 0 aliphatic rings. The Labute approximate surface area is 130 Å². The number of rotatable bonds is 2. The van der Waals surface area contributed by atoms with Crippen molar-refractivity contribution in [2.24, 2.45) is 0 Å². The van der Waals surface area contributed by atoms with E-state index in [0.29, 0.717) is 15.7 Å². The van der Waals surface area contributed by atoms with Crippen LogP contribution < -0.4 is 5.32 Å². The van der Waals surface area contributed by atoms with Crippen LogP contribution in [0.3, 0.4) is 0 Å². The molecular formula is C15H12ClN3OS. The van der Waals surface area contributed by atoms with Crippen LogP contribution in [0.15, 0.2) is 30.3 Å². The van der Waals surface area contributed by atoms with Crippen molar-refractivity contribution in [3.05, 3.63) is 51.6 Å². The van der Waals surface area contributed by atoms with Crippen LogP contribution in [0, 0.1) is 13.8 Å². The second kappa shape index (κ2) is 5.42. The molecule has 0 unspecified atom stereocenters. The number of amides is 1. The average molecular weight is 318 g/mol. The maximum atomic E-state index is 12.3. The van der Waals surface area contributed by atoms with E-state index in [1.165, 1.54) is 11.3 Å². The summed E-state index contributed by atoms with van der Waals surface area (Å²) in [6, 6.07) is 9.03. The molecule has 6 heteroatoms. The quantitative estimate of drug-likeness (QED) is 0.770. The van der Waals surface area contributed by atoms with Crippen LogP contribution in [-0.4, -0.2) is 15.9 Å². The number of hydrogen-bond acceptors (Lipinski definition) is 4. The van der Waals surface area contributed by atoms with Gasteiger partial charge in [0.2, 0.25) is 0 Å². The summed E-state index contributed by atoms with van der Waals surface area (Å²) in [5, 5.41) is 4.67. The molecule has 0 aliphatic carbocycles. The number of nitrogens with zero attached hydrogens (tertiary/aromatic N) is 2. The lowest BCUT2D eigenvalue weighted by Gasteiger charge is -2.05. The first-order valence-corrected chi connectivity index (χ1v) is 7.54. The third kappa shape index (κ3) is 2.75. The number of aryl methyl sites for hydroxylation is 2. The maximum absolute atomic E-state index is 12.3. The summed E-state index contributed by atoms with van der Waals surface area (Å²) in [6.45, 7) is 3.88. The Hall–Kier alpha value is -1.98. The van der Waals surface area contributed by atoms with Crippen molar-refractivity contribution in [2.75, 3.05) is 5.32 Å². The monoisotopic (exact) mass is 317 g/mol. The lowest BCUT2D eigenvalue weighted by atomic mass is 10.2. The van der Waals surface area contributed by atoms with Gasteiger partial charge in [-0.3, -0.25) is 10.1 Å². The van der Waals surface area contributed by atoms with E-state index in [1.54, 1.807) is 6.07 Å². The van der Waals surface area contributed by atoms with Crippen molar-refractivity contribution in [3.8, 4) is 0 Å². The molecule has 1 aromatic carbocycles. The number of anilines is 1. The second-order valence-corrected chi connectivity index (χ2v) is 6.23. The molecule has 21 heavy (non-hydrogen) atoms. The maximum Gasteiger partial charge on any atom is 0.276 e. The highest BCUT2D eigenvalue weighted by Gasteiger charge is 2.13. The SMILES string of the molecule is Cc1nc(NC(=O)c2cc(Cl)c3ccccc3n2)sc1C. The van der Waals surface area contributed by atoms with Gasteiger partial charge in [-0.15, -0.1) is 11.3 Å². The van der Waals surface area contributed by atoms with Gasteiger partial charge in [-0.2, -0.15) is 0 Å². The lowest BCUT2D eigenvalue weighted by molar-refractivity contribution is 0.102. The molecule has 0 spiro atoms. The molecule has 0 atom stereocenters. The summed E-state index contributed by atoms with van der Waals surface area (Å²) in [6.07, 6.45) is 0. The molecule has 0 fully saturated rings. The van der Waals surface area contributed by atoms with E-state index in [4.69, 9.17) is 11.6 Å². The molecule has 0 radical (unpaired) electrons. The highest BCUT2D eigenvalue weighted by atomic mass is 35.5. The van der Waals surface area contributed by atoms with Crippen molar-refractivity contribution in [1.29, 1.82) is 0 Å². The Morgan fingerprint density at radius 1 is 1.24 bits per heavy atom. The number of pyridine rings is 1. The summed E-state index contributed by atoms with van der Waals surface area (Å²) < 4.78 is 0. The summed E-state index contributed by atoms with van der Waals surface area (Å²) in [5.74, 6) is -0.309. The zero-order valence-electron chi connectivity index (χ0n) is 11.5. The van der Waals surface area contributed by atoms with Gasteiger partial charge in [-0.25, -0.2) is 9.97 Å². The minimum absolute atomic E-state index is 0.282. The number of benzene rings is 1. The van der Waals surface area contributed by atoms with Crippen LogP contribution in [0.25, 0.3) is 10.9 Å². The standard InChI is InChI=1S/C15H12ClN3OS/c1-8-9(2)21-15(17-8)19-14(20)13-7-11(16)10-5-3-4-6-12(10)18-13/h3-7H,1-2H3,(H,17,19,20). The fourth-order valence-corrected chi connectivity index (χ4v) is 3.01. The van der Waals surface area contributed by atoms with Crippen LogP contribution >= 0.6 is 22.9 Å². The molecule has 3 rings (SSSR count).